The second-order valence-corrected chi connectivity index (χ2v) is 6.06. The van der Waals surface area contributed by atoms with E-state index in [9.17, 15) is 4.79 Å². The molecule has 1 heterocycles. The van der Waals surface area contributed by atoms with Gasteiger partial charge in [-0.1, -0.05) is 19.9 Å². The molecule has 20 heavy (non-hydrogen) atoms. The topological polar surface area (TPSA) is 70.9 Å². The summed E-state index contributed by atoms with van der Waals surface area (Å²) in [5, 5.41) is 4.03. The van der Waals surface area contributed by atoms with Gasteiger partial charge in [-0.2, -0.15) is 0 Å². The predicted octanol–water partition coefficient (Wildman–Crippen LogP) is 2.66. The van der Waals surface area contributed by atoms with Gasteiger partial charge >= 0.3 is 0 Å². The summed E-state index contributed by atoms with van der Waals surface area (Å²) in [6.45, 7) is 6.70. The van der Waals surface area contributed by atoms with Gasteiger partial charge in [-0.3, -0.25) is 4.79 Å². The molecule has 0 spiro atoms. The van der Waals surface area contributed by atoms with Crippen molar-refractivity contribution in [2.75, 3.05) is 6.54 Å². The standard InChI is InChI=1S/C16H23N3O/c1-11(2)9-16(3,10-17)19-15(20)13-5-4-6-14-12(13)7-8-18-14/h4-8,11,18H,9-10,17H2,1-3H3,(H,19,20). The fourth-order valence-electron chi connectivity index (χ4n) is 2.71. The highest BCUT2D eigenvalue weighted by Gasteiger charge is 2.26. The fraction of sp³-hybridized carbons (Fsp3) is 0.438. The van der Waals surface area contributed by atoms with E-state index < -0.39 is 0 Å². The minimum atomic E-state index is -0.371. The average molecular weight is 273 g/mol. The number of rotatable bonds is 5. The predicted molar refractivity (Wildman–Crippen MR) is 82.7 cm³/mol. The number of hydrogen-bond acceptors (Lipinski definition) is 2. The number of aromatic nitrogens is 1. The number of amides is 1. The van der Waals surface area contributed by atoms with Crippen LogP contribution in [0.1, 0.15) is 37.6 Å². The van der Waals surface area contributed by atoms with E-state index in [0.29, 0.717) is 18.0 Å². The Hall–Kier alpha value is -1.81. The lowest BCUT2D eigenvalue weighted by Crippen LogP contribution is -2.52. The zero-order valence-electron chi connectivity index (χ0n) is 12.4. The molecule has 0 bridgehead atoms. The van der Waals surface area contributed by atoms with Crippen LogP contribution in [0.4, 0.5) is 0 Å². The molecule has 0 radical (unpaired) electrons. The third kappa shape index (κ3) is 3.02. The second kappa shape index (κ2) is 5.67. The normalized spacial score (nSPS) is 14.4. The summed E-state index contributed by atoms with van der Waals surface area (Å²) in [5.74, 6) is 0.413. The maximum atomic E-state index is 12.5. The quantitative estimate of drug-likeness (QED) is 0.783. The molecule has 1 atom stereocenters. The van der Waals surface area contributed by atoms with Crippen LogP contribution in [0.15, 0.2) is 30.5 Å². The molecule has 0 saturated carbocycles. The van der Waals surface area contributed by atoms with Crippen molar-refractivity contribution in [2.24, 2.45) is 11.7 Å². The molecule has 0 aliphatic rings. The monoisotopic (exact) mass is 273 g/mol. The first-order chi connectivity index (χ1) is 9.45. The van der Waals surface area contributed by atoms with Crippen molar-refractivity contribution < 1.29 is 4.79 Å². The van der Waals surface area contributed by atoms with Crippen LogP contribution in [-0.4, -0.2) is 23.0 Å². The molecule has 0 aliphatic carbocycles. The molecule has 1 unspecified atom stereocenters. The van der Waals surface area contributed by atoms with Gasteiger partial charge in [-0.05, 0) is 37.5 Å². The Balaban J connectivity index is 2.25. The number of H-pyrrole nitrogens is 1. The van der Waals surface area contributed by atoms with Crippen LogP contribution >= 0.6 is 0 Å². The van der Waals surface area contributed by atoms with Crippen LogP contribution < -0.4 is 11.1 Å². The average Bonchev–Trinajstić information content (AvgIpc) is 2.85. The lowest BCUT2D eigenvalue weighted by molar-refractivity contribution is 0.0900. The van der Waals surface area contributed by atoms with E-state index in [0.717, 1.165) is 17.3 Å². The minimum Gasteiger partial charge on any atom is -0.361 e. The molecule has 4 heteroatoms. The molecular formula is C16H23N3O. The Bertz CT molecular complexity index is 603. The van der Waals surface area contributed by atoms with Crippen molar-refractivity contribution in [3.63, 3.8) is 0 Å². The number of hydrogen-bond donors (Lipinski definition) is 3. The van der Waals surface area contributed by atoms with Crippen LogP contribution in [0, 0.1) is 5.92 Å². The lowest BCUT2D eigenvalue weighted by atomic mass is 9.90. The zero-order valence-corrected chi connectivity index (χ0v) is 12.4. The molecule has 1 aromatic carbocycles. The van der Waals surface area contributed by atoms with Crippen LogP contribution in [0.5, 0.6) is 0 Å². The number of aromatic amines is 1. The summed E-state index contributed by atoms with van der Waals surface area (Å²) < 4.78 is 0. The molecule has 108 valence electrons. The molecule has 0 aliphatic heterocycles. The highest BCUT2D eigenvalue weighted by Crippen LogP contribution is 2.20. The zero-order chi connectivity index (χ0) is 14.8. The summed E-state index contributed by atoms with van der Waals surface area (Å²) in [5.41, 5.74) is 7.14. The summed E-state index contributed by atoms with van der Waals surface area (Å²) in [4.78, 5) is 15.7. The first-order valence-corrected chi connectivity index (χ1v) is 7.04. The second-order valence-electron chi connectivity index (χ2n) is 6.06. The van der Waals surface area contributed by atoms with Gasteiger partial charge < -0.3 is 16.0 Å². The highest BCUT2D eigenvalue weighted by molar-refractivity contribution is 6.06. The van der Waals surface area contributed by atoms with Crippen molar-refractivity contribution in [1.29, 1.82) is 0 Å². The van der Waals surface area contributed by atoms with Crippen molar-refractivity contribution in [1.82, 2.24) is 10.3 Å². The molecule has 1 amide bonds. The Kier molecular flexibility index (Phi) is 4.14. The van der Waals surface area contributed by atoms with Gasteiger partial charge in [-0.15, -0.1) is 0 Å². The Morgan fingerprint density at radius 1 is 1.40 bits per heavy atom. The summed E-state index contributed by atoms with van der Waals surface area (Å²) in [6, 6.07) is 7.61. The number of carbonyl (C=O) groups is 1. The van der Waals surface area contributed by atoms with Crippen molar-refractivity contribution in [3.05, 3.63) is 36.0 Å². The summed E-state index contributed by atoms with van der Waals surface area (Å²) in [7, 11) is 0. The highest BCUT2D eigenvalue weighted by atomic mass is 16.1. The summed E-state index contributed by atoms with van der Waals surface area (Å²) in [6.07, 6.45) is 2.70. The Morgan fingerprint density at radius 2 is 2.15 bits per heavy atom. The van der Waals surface area contributed by atoms with Gasteiger partial charge in [0.2, 0.25) is 0 Å². The number of benzene rings is 1. The maximum absolute atomic E-state index is 12.5. The lowest BCUT2D eigenvalue weighted by Gasteiger charge is -2.31. The molecule has 4 nitrogen and oxygen atoms in total. The van der Waals surface area contributed by atoms with Crippen LogP contribution in [-0.2, 0) is 0 Å². The van der Waals surface area contributed by atoms with E-state index in [1.54, 1.807) is 0 Å². The van der Waals surface area contributed by atoms with Crippen LogP contribution in [0.3, 0.4) is 0 Å². The molecule has 2 rings (SSSR count). The van der Waals surface area contributed by atoms with E-state index in [2.05, 4.69) is 24.1 Å². The third-order valence-electron chi connectivity index (χ3n) is 3.56. The first kappa shape index (κ1) is 14.6. The molecule has 2 aromatic rings. The largest absolute Gasteiger partial charge is 0.361 e. The van der Waals surface area contributed by atoms with E-state index in [1.807, 2.05) is 37.4 Å². The smallest absolute Gasteiger partial charge is 0.252 e. The molecule has 0 saturated heterocycles. The van der Waals surface area contributed by atoms with Crippen molar-refractivity contribution in [2.45, 2.75) is 32.7 Å². The molecule has 1 aromatic heterocycles. The third-order valence-corrected chi connectivity index (χ3v) is 3.56. The Labute approximate surface area is 119 Å². The van der Waals surface area contributed by atoms with Crippen LogP contribution in [0.2, 0.25) is 0 Å². The van der Waals surface area contributed by atoms with Gasteiger partial charge in [0, 0.05) is 34.7 Å². The maximum Gasteiger partial charge on any atom is 0.252 e. The van der Waals surface area contributed by atoms with E-state index in [-0.39, 0.29) is 11.4 Å². The van der Waals surface area contributed by atoms with Gasteiger partial charge in [0.05, 0.1) is 0 Å². The van der Waals surface area contributed by atoms with Gasteiger partial charge in [0.15, 0.2) is 0 Å². The molecule has 4 N–H and O–H groups in total. The SMILES string of the molecule is CC(C)CC(C)(CN)NC(=O)c1cccc2[nH]ccc12. The first-order valence-electron chi connectivity index (χ1n) is 7.04. The van der Waals surface area contributed by atoms with E-state index in [4.69, 9.17) is 5.73 Å². The fourth-order valence-corrected chi connectivity index (χ4v) is 2.71. The van der Waals surface area contributed by atoms with Crippen molar-refractivity contribution in [3.8, 4) is 0 Å². The number of nitrogens with one attached hydrogen (secondary N) is 2. The van der Waals surface area contributed by atoms with E-state index in [1.165, 1.54) is 0 Å². The number of carbonyl (C=O) groups excluding carboxylic acids is 1. The van der Waals surface area contributed by atoms with Gasteiger partial charge in [0.1, 0.15) is 0 Å². The van der Waals surface area contributed by atoms with Gasteiger partial charge in [0.25, 0.3) is 5.91 Å². The number of nitrogens with two attached hydrogens (primary N) is 1. The number of fused-ring (bicyclic) bond motifs is 1. The summed E-state index contributed by atoms with van der Waals surface area (Å²) >= 11 is 0. The van der Waals surface area contributed by atoms with Crippen LogP contribution in [0.25, 0.3) is 10.9 Å². The molecular weight excluding hydrogens is 250 g/mol. The van der Waals surface area contributed by atoms with E-state index >= 15 is 0 Å². The van der Waals surface area contributed by atoms with Crippen molar-refractivity contribution >= 4 is 16.8 Å². The molecule has 0 fully saturated rings. The Morgan fingerprint density at radius 3 is 2.80 bits per heavy atom. The minimum absolute atomic E-state index is 0.0659. The van der Waals surface area contributed by atoms with Gasteiger partial charge in [-0.25, -0.2) is 0 Å².